The van der Waals surface area contributed by atoms with Crippen molar-refractivity contribution in [3.05, 3.63) is 63.9 Å². The Hall–Kier alpha value is -3.04. The summed E-state index contributed by atoms with van der Waals surface area (Å²) in [6, 6.07) is 12.4. The highest BCUT2D eigenvalue weighted by molar-refractivity contribution is 7.99. The van der Waals surface area contributed by atoms with E-state index in [-0.39, 0.29) is 16.5 Å². The third kappa shape index (κ3) is 4.26. The maximum atomic E-state index is 11.7. The van der Waals surface area contributed by atoms with Gasteiger partial charge in [-0.15, -0.1) is 0 Å². The predicted molar refractivity (Wildman–Crippen MR) is 107 cm³/mol. The summed E-state index contributed by atoms with van der Waals surface area (Å²) in [5.41, 5.74) is 0.163. The van der Waals surface area contributed by atoms with Crippen LogP contribution in [0.1, 0.15) is 0 Å². The highest BCUT2D eigenvalue weighted by Crippen LogP contribution is 2.41. The number of halogens is 1. The Kier molecular flexibility index (Phi) is 6.17. The normalized spacial score (nSPS) is 10.4. The van der Waals surface area contributed by atoms with Gasteiger partial charge in [0.05, 0.1) is 29.9 Å². The van der Waals surface area contributed by atoms with E-state index in [1.807, 2.05) is 30.3 Å². The molecule has 0 unspecified atom stereocenters. The minimum atomic E-state index is -0.523. The number of nitrogens with one attached hydrogen (secondary N) is 1. The Morgan fingerprint density at radius 2 is 1.82 bits per heavy atom. The van der Waals surface area contributed by atoms with E-state index in [0.717, 1.165) is 4.90 Å². The van der Waals surface area contributed by atoms with Crippen molar-refractivity contribution in [2.24, 2.45) is 0 Å². The molecule has 1 heterocycles. The maximum absolute atomic E-state index is 11.7. The van der Waals surface area contributed by atoms with Gasteiger partial charge in [0.2, 0.25) is 5.82 Å². The lowest BCUT2D eigenvalue weighted by molar-refractivity contribution is -0.387. The van der Waals surface area contributed by atoms with Crippen LogP contribution in [0.2, 0.25) is 5.02 Å². The average molecular weight is 419 g/mol. The molecule has 0 saturated heterocycles. The largest absolute Gasteiger partial charge is 0.495 e. The fraction of sp³-hybridized carbons (Fsp3) is 0.111. The Morgan fingerprint density at radius 1 is 1.11 bits per heavy atom. The minimum absolute atomic E-state index is 0.0259. The molecule has 1 N–H and O–H groups in total. The Balaban J connectivity index is 2.02. The second-order valence-electron chi connectivity index (χ2n) is 5.36. The van der Waals surface area contributed by atoms with Crippen molar-refractivity contribution in [2.75, 3.05) is 19.5 Å². The fourth-order valence-electron chi connectivity index (χ4n) is 2.38. The fourth-order valence-corrected chi connectivity index (χ4v) is 3.50. The van der Waals surface area contributed by atoms with Crippen molar-refractivity contribution in [2.45, 2.75) is 9.92 Å². The minimum Gasteiger partial charge on any atom is -0.495 e. The van der Waals surface area contributed by atoms with Gasteiger partial charge in [-0.05, 0) is 18.2 Å². The second kappa shape index (κ2) is 8.77. The number of nitro groups is 1. The summed E-state index contributed by atoms with van der Waals surface area (Å²) >= 11 is 7.35. The molecule has 0 fully saturated rings. The number of anilines is 2. The highest BCUT2D eigenvalue weighted by Gasteiger charge is 2.25. The molecule has 0 amide bonds. The molecule has 2 aromatic carbocycles. The molecule has 3 rings (SSSR count). The molecule has 3 aromatic rings. The third-order valence-corrected chi connectivity index (χ3v) is 4.95. The first-order valence-electron chi connectivity index (χ1n) is 7.94. The molecule has 0 aliphatic heterocycles. The Labute approximate surface area is 170 Å². The van der Waals surface area contributed by atoms with Gasteiger partial charge in [0.15, 0.2) is 5.03 Å². The van der Waals surface area contributed by atoms with E-state index in [9.17, 15) is 10.1 Å². The number of hydrogen-bond donors (Lipinski definition) is 1. The lowest BCUT2D eigenvalue weighted by Gasteiger charge is -2.14. The molecule has 0 atom stereocenters. The number of benzene rings is 2. The molecule has 10 heteroatoms. The van der Waals surface area contributed by atoms with Gasteiger partial charge < -0.3 is 14.8 Å². The van der Waals surface area contributed by atoms with Gasteiger partial charge in [-0.25, -0.2) is 9.97 Å². The van der Waals surface area contributed by atoms with E-state index in [2.05, 4.69) is 15.3 Å². The van der Waals surface area contributed by atoms with E-state index in [0.29, 0.717) is 22.2 Å². The van der Waals surface area contributed by atoms with Crippen LogP contribution >= 0.6 is 23.4 Å². The molecule has 1 aromatic heterocycles. The first-order valence-corrected chi connectivity index (χ1v) is 9.13. The van der Waals surface area contributed by atoms with Crippen LogP contribution < -0.4 is 14.8 Å². The molecule has 144 valence electrons. The van der Waals surface area contributed by atoms with Gasteiger partial charge in [-0.2, -0.15) is 0 Å². The molecule has 0 saturated carbocycles. The van der Waals surface area contributed by atoms with E-state index in [1.54, 1.807) is 12.1 Å². The summed E-state index contributed by atoms with van der Waals surface area (Å²) in [5, 5.41) is 15.2. The monoisotopic (exact) mass is 418 g/mol. The standard InChI is InChI=1S/C18H15ClN4O4S/c1-26-14-9-15(27-2)13(8-12(14)19)22-17-16(23(24)25)18(21-10-20-17)28-11-6-4-3-5-7-11/h3-10H,1-2H3,(H,20,21,22). The zero-order valence-electron chi connectivity index (χ0n) is 14.9. The van der Waals surface area contributed by atoms with E-state index >= 15 is 0 Å². The SMILES string of the molecule is COc1cc(OC)c(Nc2ncnc(Sc3ccccc3)c2[N+](=O)[O-])cc1Cl. The lowest BCUT2D eigenvalue weighted by atomic mass is 10.2. The van der Waals surface area contributed by atoms with Crippen molar-refractivity contribution >= 4 is 40.6 Å². The Bertz CT molecular complexity index is 1000. The van der Waals surface area contributed by atoms with Crippen LogP contribution in [0.3, 0.4) is 0 Å². The molecule has 0 aliphatic carbocycles. The van der Waals surface area contributed by atoms with Crippen LogP contribution in [-0.2, 0) is 0 Å². The molecule has 28 heavy (non-hydrogen) atoms. The summed E-state index contributed by atoms with van der Waals surface area (Å²) in [6.07, 6.45) is 1.26. The van der Waals surface area contributed by atoms with Gasteiger partial charge in [-0.1, -0.05) is 41.6 Å². The van der Waals surface area contributed by atoms with Crippen LogP contribution in [-0.4, -0.2) is 29.1 Å². The first-order chi connectivity index (χ1) is 13.5. The lowest BCUT2D eigenvalue weighted by Crippen LogP contribution is -2.04. The van der Waals surface area contributed by atoms with Gasteiger partial charge in [0, 0.05) is 11.0 Å². The number of ether oxygens (including phenoxy) is 2. The van der Waals surface area contributed by atoms with Gasteiger partial charge in [-0.3, -0.25) is 10.1 Å². The molecule has 0 aliphatic rings. The Morgan fingerprint density at radius 3 is 2.46 bits per heavy atom. The summed E-state index contributed by atoms with van der Waals surface area (Å²) in [5.74, 6) is 0.839. The van der Waals surface area contributed by atoms with Crippen LogP contribution in [0.15, 0.2) is 58.7 Å². The number of aromatic nitrogens is 2. The topological polar surface area (TPSA) is 99.4 Å². The van der Waals surface area contributed by atoms with Crippen LogP contribution in [0.4, 0.5) is 17.2 Å². The third-order valence-electron chi connectivity index (χ3n) is 3.66. The molecular formula is C18H15ClN4O4S. The quantitative estimate of drug-likeness (QED) is 0.327. The van der Waals surface area contributed by atoms with Crippen molar-refractivity contribution in [3.63, 3.8) is 0 Å². The van der Waals surface area contributed by atoms with Crippen molar-refractivity contribution in [1.29, 1.82) is 0 Å². The molecule has 0 spiro atoms. The summed E-state index contributed by atoms with van der Waals surface area (Å²) in [6.45, 7) is 0. The van der Waals surface area contributed by atoms with Crippen LogP contribution in [0.25, 0.3) is 0 Å². The van der Waals surface area contributed by atoms with Crippen molar-refractivity contribution < 1.29 is 14.4 Å². The second-order valence-corrected chi connectivity index (χ2v) is 6.83. The smallest absolute Gasteiger partial charge is 0.343 e. The highest BCUT2D eigenvalue weighted by atomic mass is 35.5. The number of methoxy groups -OCH3 is 2. The number of rotatable bonds is 7. The van der Waals surface area contributed by atoms with Gasteiger partial charge in [0.25, 0.3) is 0 Å². The summed E-state index contributed by atoms with van der Waals surface area (Å²) in [7, 11) is 2.95. The van der Waals surface area contributed by atoms with Gasteiger partial charge >= 0.3 is 5.69 Å². The zero-order chi connectivity index (χ0) is 20.1. The number of nitrogens with zero attached hydrogens (tertiary/aromatic N) is 3. The van der Waals surface area contributed by atoms with Crippen LogP contribution in [0.5, 0.6) is 11.5 Å². The molecular weight excluding hydrogens is 404 g/mol. The van der Waals surface area contributed by atoms with Crippen molar-refractivity contribution in [3.8, 4) is 11.5 Å². The van der Waals surface area contributed by atoms with E-state index in [4.69, 9.17) is 21.1 Å². The van der Waals surface area contributed by atoms with E-state index in [1.165, 1.54) is 32.3 Å². The van der Waals surface area contributed by atoms with Crippen LogP contribution in [0, 0.1) is 10.1 Å². The van der Waals surface area contributed by atoms with Gasteiger partial charge in [0.1, 0.15) is 17.8 Å². The maximum Gasteiger partial charge on any atom is 0.343 e. The average Bonchev–Trinajstić information content (AvgIpc) is 2.69. The molecule has 8 nitrogen and oxygen atoms in total. The number of hydrogen-bond acceptors (Lipinski definition) is 8. The molecule has 0 bridgehead atoms. The summed E-state index contributed by atoms with van der Waals surface area (Å²) < 4.78 is 10.5. The molecule has 0 radical (unpaired) electrons. The predicted octanol–water partition coefficient (Wildman–Crippen LogP) is 4.95. The van der Waals surface area contributed by atoms with Crippen molar-refractivity contribution in [1.82, 2.24) is 9.97 Å². The zero-order valence-corrected chi connectivity index (χ0v) is 16.5. The summed E-state index contributed by atoms with van der Waals surface area (Å²) in [4.78, 5) is 20.2. The first kappa shape index (κ1) is 19.7. The van der Waals surface area contributed by atoms with E-state index < -0.39 is 4.92 Å².